The fraction of sp³-hybridized carbons (Fsp3) is 0.167. The smallest absolute Gasteiger partial charge is 0.275 e. The molecule has 0 bridgehead atoms. The fourth-order valence-corrected chi connectivity index (χ4v) is 2.31. The summed E-state index contributed by atoms with van der Waals surface area (Å²) < 4.78 is 1.76. The molecule has 0 saturated carbocycles. The van der Waals surface area contributed by atoms with Crippen molar-refractivity contribution >= 4 is 17.4 Å². The fourth-order valence-electron chi connectivity index (χ4n) is 2.31. The van der Waals surface area contributed by atoms with Crippen LogP contribution in [-0.2, 0) is 6.54 Å². The van der Waals surface area contributed by atoms with Gasteiger partial charge in [0.1, 0.15) is 11.5 Å². The van der Waals surface area contributed by atoms with Gasteiger partial charge in [0.2, 0.25) is 0 Å². The molecule has 0 aliphatic carbocycles. The molecule has 122 valence electrons. The van der Waals surface area contributed by atoms with Crippen molar-refractivity contribution in [1.29, 1.82) is 0 Å². The number of nitrogens with zero attached hydrogens (tertiary/aromatic N) is 4. The van der Waals surface area contributed by atoms with Gasteiger partial charge in [0.25, 0.3) is 5.91 Å². The van der Waals surface area contributed by atoms with Gasteiger partial charge >= 0.3 is 0 Å². The van der Waals surface area contributed by atoms with Crippen molar-refractivity contribution in [3.8, 4) is 0 Å². The van der Waals surface area contributed by atoms with Gasteiger partial charge in [-0.3, -0.25) is 9.78 Å². The molecule has 1 N–H and O–H groups in total. The third-order valence-corrected chi connectivity index (χ3v) is 3.64. The van der Waals surface area contributed by atoms with Crippen molar-refractivity contribution in [2.24, 2.45) is 0 Å². The molecule has 0 aliphatic heterocycles. The minimum Gasteiger partial charge on any atom is -0.378 e. The van der Waals surface area contributed by atoms with Crippen LogP contribution in [0.3, 0.4) is 0 Å². The summed E-state index contributed by atoms with van der Waals surface area (Å²) in [5.41, 5.74) is 2.63. The Balaban J connectivity index is 1.72. The summed E-state index contributed by atoms with van der Waals surface area (Å²) in [6.45, 7) is 0.582. The van der Waals surface area contributed by atoms with E-state index in [0.29, 0.717) is 18.1 Å². The highest BCUT2D eigenvalue weighted by atomic mass is 16.2. The SMILES string of the molecule is CN(C)c1ccc(Cn2nccc2NC(=O)c2ccccn2)cc1. The normalized spacial score (nSPS) is 10.4. The van der Waals surface area contributed by atoms with Gasteiger partial charge in [0, 0.05) is 32.0 Å². The molecule has 0 radical (unpaired) electrons. The summed E-state index contributed by atoms with van der Waals surface area (Å²) in [6.07, 6.45) is 3.26. The molecule has 1 amide bonds. The minimum atomic E-state index is -0.250. The molecule has 2 heterocycles. The zero-order valence-corrected chi connectivity index (χ0v) is 13.7. The second-order valence-corrected chi connectivity index (χ2v) is 5.60. The monoisotopic (exact) mass is 321 g/mol. The van der Waals surface area contributed by atoms with Crippen molar-refractivity contribution in [1.82, 2.24) is 14.8 Å². The van der Waals surface area contributed by atoms with Crippen LogP contribution in [0.1, 0.15) is 16.1 Å². The minimum absolute atomic E-state index is 0.250. The number of anilines is 2. The predicted octanol–water partition coefficient (Wildman–Crippen LogP) is 2.64. The van der Waals surface area contributed by atoms with Crippen LogP contribution in [0, 0.1) is 0 Å². The molecule has 0 spiro atoms. The van der Waals surface area contributed by atoms with Crippen molar-refractivity contribution in [3.05, 3.63) is 72.2 Å². The number of nitrogens with one attached hydrogen (secondary N) is 1. The first-order valence-electron chi connectivity index (χ1n) is 7.64. The average Bonchev–Trinajstić information content (AvgIpc) is 3.03. The molecule has 6 heteroatoms. The second kappa shape index (κ2) is 6.95. The van der Waals surface area contributed by atoms with Gasteiger partial charge in [-0.15, -0.1) is 0 Å². The summed E-state index contributed by atoms with van der Waals surface area (Å²) in [6, 6.07) is 15.2. The van der Waals surface area contributed by atoms with Crippen LogP contribution in [0.15, 0.2) is 60.9 Å². The Morgan fingerprint density at radius 1 is 1.08 bits per heavy atom. The summed E-state index contributed by atoms with van der Waals surface area (Å²) in [4.78, 5) is 18.3. The molecule has 0 unspecified atom stereocenters. The maximum absolute atomic E-state index is 12.2. The average molecular weight is 321 g/mol. The van der Waals surface area contributed by atoms with Crippen LogP contribution in [0.5, 0.6) is 0 Å². The largest absolute Gasteiger partial charge is 0.378 e. The quantitative estimate of drug-likeness (QED) is 0.785. The predicted molar refractivity (Wildman–Crippen MR) is 94.3 cm³/mol. The van der Waals surface area contributed by atoms with Crippen molar-refractivity contribution in [2.45, 2.75) is 6.54 Å². The van der Waals surface area contributed by atoms with Gasteiger partial charge < -0.3 is 10.2 Å². The molecule has 0 saturated heterocycles. The number of benzene rings is 1. The lowest BCUT2D eigenvalue weighted by Crippen LogP contribution is -2.17. The third kappa shape index (κ3) is 3.60. The van der Waals surface area contributed by atoms with Gasteiger partial charge in [-0.25, -0.2) is 4.68 Å². The van der Waals surface area contributed by atoms with Crippen LogP contribution in [0.2, 0.25) is 0 Å². The van der Waals surface area contributed by atoms with Gasteiger partial charge in [-0.1, -0.05) is 18.2 Å². The van der Waals surface area contributed by atoms with Crippen molar-refractivity contribution in [3.63, 3.8) is 0 Å². The Labute approximate surface area is 140 Å². The molecule has 6 nitrogen and oxygen atoms in total. The molecule has 3 aromatic rings. The van der Waals surface area contributed by atoms with Crippen molar-refractivity contribution < 1.29 is 4.79 Å². The number of rotatable bonds is 5. The Morgan fingerprint density at radius 3 is 2.54 bits per heavy atom. The second-order valence-electron chi connectivity index (χ2n) is 5.60. The molecule has 2 aromatic heterocycles. The third-order valence-electron chi connectivity index (χ3n) is 3.64. The van der Waals surface area contributed by atoms with Crippen LogP contribution in [0.4, 0.5) is 11.5 Å². The lowest BCUT2D eigenvalue weighted by molar-refractivity contribution is 0.102. The van der Waals surface area contributed by atoms with E-state index in [4.69, 9.17) is 0 Å². The topological polar surface area (TPSA) is 63.1 Å². The van der Waals surface area contributed by atoms with E-state index in [-0.39, 0.29) is 5.91 Å². The lowest BCUT2D eigenvalue weighted by atomic mass is 10.2. The molecule has 0 fully saturated rings. The molecule has 0 atom stereocenters. The van der Waals surface area contributed by atoms with Gasteiger partial charge in [-0.2, -0.15) is 5.10 Å². The highest BCUT2D eigenvalue weighted by Crippen LogP contribution is 2.15. The number of hydrogen-bond acceptors (Lipinski definition) is 4. The van der Waals surface area contributed by atoms with Crippen molar-refractivity contribution in [2.75, 3.05) is 24.3 Å². The lowest BCUT2D eigenvalue weighted by Gasteiger charge is -2.13. The first-order chi connectivity index (χ1) is 11.6. The Hall–Kier alpha value is -3.15. The van der Waals surface area contributed by atoms with E-state index in [1.165, 1.54) is 0 Å². The molecular weight excluding hydrogens is 302 g/mol. The number of pyridine rings is 1. The van der Waals surface area contributed by atoms with E-state index < -0.39 is 0 Å². The zero-order valence-electron chi connectivity index (χ0n) is 13.7. The Morgan fingerprint density at radius 2 is 1.88 bits per heavy atom. The summed E-state index contributed by atoms with van der Waals surface area (Å²) in [5, 5.41) is 7.13. The van der Waals surface area contributed by atoms with Crippen LogP contribution in [0.25, 0.3) is 0 Å². The number of aromatic nitrogens is 3. The van der Waals surface area contributed by atoms with E-state index >= 15 is 0 Å². The highest BCUT2D eigenvalue weighted by molar-refractivity contribution is 6.02. The maximum Gasteiger partial charge on any atom is 0.275 e. The number of amides is 1. The summed E-state index contributed by atoms with van der Waals surface area (Å²) >= 11 is 0. The maximum atomic E-state index is 12.2. The standard InChI is InChI=1S/C18H19N5O/c1-22(2)15-8-6-14(7-9-15)13-23-17(10-12-20-23)21-18(24)16-5-3-4-11-19-16/h3-12H,13H2,1-2H3,(H,21,24). The highest BCUT2D eigenvalue weighted by Gasteiger charge is 2.10. The molecular formula is C18H19N5O. The molecule has 24 heavy (non-hydrogen) atoms. The van der Waals surface area contributed by atoms with Gasteiger partial charge in [0.15, 0.2) is 0 Å². The van der Waals surface area contributed by atoms with E-state index in [1.807, 2.05) is 14.1 Å². The Bertz CT molecular complexity index is 809. The summed E-state index contributed by atoms with van der Waals surface area (Å²) in [7, 11) is 4.02. The first kappa shape index (κ1) is 15.7. The van der Waals surface area contributed by atoms with Crippen LogP contribution in [-0.4, -0.2) is 34.8 Å². The number of carbonyl (C=O) groups excluding carboxylic acids is 1. The van der Waals surface area contributed by atoms with E-state index in [1.54, 1.807) is 41.3 Å². The van der Waals surface area contributed by atoms with Gasteiger partial charge in [0.05, 0.1) is 12.7 Å². The van der Waals surface area contributed by atoms with Crippen LogP contribution < -0.4 is 10.2 Å². The molecule has 1 aromatic carbocycles. The van der Waals surface area contributed by atoms with E-state index in [2.05, 4.69) is 44.6 Å². The van der Waals surface area contributed by atoms with E-state index in [0.717, 1.165) is 11.3 Å². The van der Waals surface area contributed by atoms with Gasteiger partial charge in [-0.05, 0) is 29.8 Å². The Kier molecular flexibility index (Phi) is 4.56. The van der Waals surface area contributed by atoms with Crippen LogP contribution >= 0.6 is 0 Å². The first-order valence-corrected chi connectivity index (χ1v) is 7.64. The molecule has 0 aliphatic rings. The zero-order chi connectivity index (χ0) is 16.9. The number of carbonyl (C=O) groups is 1. The summed E-state index contributed by atoms with van der Waals surface area (Å²) in [5.74, 6) is 0.391. The number of hydrogen-bond donors (Lipinski definition) is 1. The molecule has 3 rings (SSSR count). The van der Waals surface area contributed by atoms with E-state index in [9.17, 15) is 4.79 Å².